The maximum absolute atomic E-state index is 13.1. The first kappa shape index (κ1) is 19.3. The van der Waals surface area contributed by atoms with E-state index in [-0.39, 0.29) is 30.9 Å². The largest absolute Gasteiger partial charge is 0.740 e. The average Bonchev–Trinajstić information content (AvgIpc) is 3.07. The molecular formula is C20H17N2O7S-. The highest BCUT2D eigenvalue weighted by atomic mass is 32.2. The van der Waals surface area contributed by atoms with Gasteiger partial charge in [-0.2, -0.15) is 0 Å². The Balaban J connectivity index is 1.69. The highest BCUT2D eigenvalue weighted by molar-refractivity contribution is 7.74. The Labute approximate surface area is 173 Å². The number of rotatable bonds is 3. The van der Waals surface area contributed by atoms with Gasteiger partial charge in [-0.15, -0.1) is 0 Å². The summed E-state index contributed by atoms with van der Waals surface area (Å²) in [4.78, 5) is 17.8. The van der Waals surface area contributed by atoms with E-state index in [4.69, 9.17) is 8.92 Å². The summed E-state index contributed by atoms with van der Waals surface area (Å²) in [7, 11) is 0. The maximum atomic E-state index is 13.1. The fourth-order valence-corrected chi connectivity index (χ4v) is 4.47. The molecule has 156 valence electrons. The van der Waals surface area contributed by atoms with E-state index in [2.05, 4.69) is 4.98 Å². The number of fused-ring (bicyclic) bond motifs is 5. The third-order valence-corrected chi connectivity index (χ3v) is 6.13. The number of aliphatic hydroxyl groups excluding tert-OH is 1. The molecule has 3 aromatic rings. The molecule has 3 unspecified atom stereocenters. The second-order valence-corrected chi connectivity index (χ2v) is 7.97. The van der Waals surface area contributed by atoms with Crippen LogP contribution < -0.4 is 9.74 Å². The molecule has 3 atom stereocenters. The second-order valence-electron chi connectivity index (χ2n) is 7.39. The topological polar surface area (TPSA) is 134 Å². The molecule has 0 saturated carbocycles. The number of benzene rings is 1. The van der Waals surface area contributed by atoms with E-state index in [0.717, 1.165) is 5.56 Å². The molecule has 0 fully saturated rings. The Bertz CT molecular complexity index is 1290. The quantitative estimate of drug-likeness (QED) is 0.462. The van der Waals surface area contributed by atoms with Crippen LogP contribution in [0, 0.1) is 0 Å². The van der Waals surface area contributed by atoms with E-state index in [1.807, 2.05) is 6.07 Å². The SMILES string of the molecule is CCC1(O)c2cc3n(c(=O)c2COC1O)Cc1cc2cc(OS(=O)[O-])ccc2nc1-3. The van der Waals surface area contributed by atoms with E-state index in [1.54, 1.807) is 29.7 Å². The van der Waals surface area contributed by atoms with Crippen LogP contribution in [0.25, 0.3) is 22.3 Å². The van der Waals surface area contributed by atoms with Crippen LogP contribution >= 0.6 is 0 Å². The van der Waals surface area contributed by atoms with Crippen molar-refractivity contribution in [2.45, 2.75) is 38.4 Å². The van der Waals surface area contributed by atoms with Crippen LogP contribution in [0.15, 0.2) is 35.1 Å². The minimum Gasteiger partial charge on any atom is -0.740 e. The smallest absolute Gasteiger partial charge is 0.257 e. The van der Waals surface area contributed by atoms with Crippen LogP contribution in [-0.4, -0.2) is 34.8 Å². The van der Waals surface area contributed by atoms with Crippen molar-refractivity contribution in [3.8, 4) is 17.1 Å². The molecule has 0 aliphatic carbocycles. The summed E-state index contributed by atoms with van der Waals surface area (Å²) in [5.41, 5.74) is 1.24. The van der Waals surface area contributed by atoms with E-state index in [9.17, 15) is 23.8 Å². The highest BCUT2D eigenvalue weighted by Gasteiger charge is 2.44. The number of hydrogen-bond donors (Lipinski definition) is 2. The number of pyridine rings is 2. The van der Waals surface area contributed by atoms with Crippen molar-refractivity contribution in [2.24, 2.45) is 0 Å². The Hall–Kier alpha value is -2.63. The van der Waals surface area contributed by atoms with E-state index < -0.39 is 23.3 Å². The van der Waals surface area contributed by atoms with Gasteiger partial charge in [-0.25, -0.2) is 9.19 Å². The van der Waals surface area contributed by atoms with Crippen LogP contribution in [0.4, 0.5) is 0 Å². The van der Waals surface area contributed by atoms with E-state index >= 15 is 0 Å². The fraction of sp³-hybridized carbons (Fsp3) is 0.300. The first-order chi connectivity index (χ1) is 14.3. The molecule has 1 aromatic carbocycles. The van der Waals surface area contributed by atoms with Gasteiger partial charge in [-0.1, -0.05) is 6.92 Å². The van der Waals surface area contributed by atoms with Crippen molar-refractivity contribution in [1.82, 2.24) is 9.55 Å². The van der Waals surface area contributed by atoms with Gasteiger partial charge >= 0.3 is 0 Å². The van der Waals surface area contributed by atoms with Gasteiger partial charge in [0, 0.05) is 22.1 Å². The van der Waals surface area contributed by atoms with Crippen molar-refractivity contribution in [3.05, 3.63) is 57.4 Å². The molecule has 0 radical (unpaired) electrons. The molecule has 5 rings (SSSR count). The van der Waals surface area contributed by atoms with Crippen LogP contribution in [0.1, 0.15) is 30.0 Å². The molecule has 2 aliphatic heterocycles. The average molecular weight is 429 g/mol. The van der Waals surface area contributed by atoms with Crippen LogP contribution in [0.3, 0.4) is 0 Å². The summed E-state index contributed by atoms with van der Waals surface area (Å²) in [6, 6.07) is 8.23. The van der Waals surface area contributed by atoms with Gasteiger partial charge in [0.1, 0.15) is 22.7 Å². The van der Waals surface area contributed by atoms with E-state index in [1.165, 1.54) is 6.07 Å². The zero-order valence-electron chi connectivity index (χ0n) is 15.8. The van der Waals surface area contributed by atoms with Crippen molar-refractivity contribution in [1.29, 1.82) is 0 Å². The lowest BCUT2D eigenvalue weighted by atomic mass is 9.85. The number of ether oxygens (including phenoxy) is 1. The molecule has 2 N–H and O–H groups in total. The van der Waals surface area contributed by atoms with E-state index in [0.29, 0.717) is 33.4 Å². The molecular weight excluding hydrogens is 412 g/mol. The van der Waals surface area contributed by atoms with Crippen LogP contribution in [0.2, 0.25) is 0 Å². The molecule has 0 amide bonds. The summed E-state index contributed by atoms with van der Waals surface area (Å²) in [5, 5.41) is 21.8. The fourth-order valence-electron chi connectivity index (χ4n) is 4.21. The monoisotopic (exact) mass is 429 g/mol. The summed E-state index contributed by atoms with van der Waals surface area (Å²) in [5.74, 6) is 0.167. The predicted molar refractivity (Wildman–Crippen MR) is 105 cm³/mol. The van der Waals surface area contributed by atoms with Gasteiger partial charge in [-0.3, -0.25) is 4.79 Å². The van der Waals surface area contributed by atoms with Gasteiger partial charge in [0.2, 0.25) is 0 Å². The molecule has 2 aliphatic rings. The summed E-state index contributed by atoms with van der Waals surface area (Å²) >= 11 is -2.68. The highest BCUT2D eigenvalue weighted by Crippen LogP contribution is 2.40. The second kappa shape index (κ2) is 6.69. The van der Waals surface area contributed by atoms with Gasteiger partial charge in [-0.05, 0) is 36.8 Å². The predicted octanol–water partition coefficient (Wildman–Crippen LogP) is 1.04. The molecule has 9 nitrogen and oxygen atoms in total. The molecule has 2 aromatic heterocycles. The van der Waals surface area contributed by atoms with Gasteiger partial charge in [0.25, 0.3) is 5.56 Å². The number of nitrogens with zero attached hydrogens (tertiary/aromatic N) is 2. The van der Waals surface area contributed by atoms with Crippen molar-refractivity contribution in [2.75, 3.05) is 0 Å². The van der Waals surface area contributed by atoms with Gasteiger partial charge in [0.05, 0.1) is 30.1 Å². The molecule has 4 heterocycles. The Morgan fingerprint density at radius 2 is 2.20 bits per heavy atom. The van der Waals surface area contributed by atoms with Crippen molar-refractivity contribution >= 4 is 22.3 Å². The molecule has 30 heavy (non-hydrogen) atoms. The maximum Gasteiger partial charge on any atom is 0.257 e. The molecule has 0 spiro atoms. The Morgan fingerprint density at radius 3 is 2.93 bits per heavy atom. The van der Waals surface area contributed by atoms with Crippen LogP contribution in [-0.2, 0) is 34.9 Å². The lowest BCUT2D eigenvalue weighted by Gasteiger charge is -2.37. The molecule has 10 heteroatoms. The lowest BCUT2D eigenvalue weighted by Crippen LogP contribution is -2.47. The van der Waals surface area contributed by atoms with Gasteiger partial charge in [0.15, 0.2) is 6.29 Å². The van der Waals surface area contributed by atoms with Crippen molar-refractivity contribution in [3.63, 3.8) is 0 Å². The minimum absolute atomic E-state index is 0.0866. The third kappa shape index (κ3) is 2.72. The zero-order chi connectivity index (χ0) is 21.2. The lowest BCUT2D eigenvalue weighted by molar-refractivity contribution is -0.236. The number of aromatic nitrogens is 2. The third-order valence-electron chi connectivity index (χ3n) is 5.80. The molecule has 0 bridgehead atoms. The minimum atomic E-state index is -2.68. The van der Waals surface area contributed by atoms with Gasteiger partial charge < -0.3 is 28.3 Å². The summed E-state index contributed by atoms with van der Waals surface area (Å²) in [6.45, 7) is 1.91. The van der Waals surface area contributed by atoms with Crippen LogP contribution in [0.5, 0.6) is 5.75 Å². The van der Waals surface area contributed by atoms with Crippen molar-refractivity contribution < 1.29 is 27.9 Å². The Kier molecular flexibility index (Phi) is 4.31. The molecule has 0 saturated heterocycles. The standard InChI is InChI=1S/C20H18N2O7S/c1-2-20(25)14-7-16-17-11(8-22(16)18(23)13(14)9-28-19(20)24)5-10-6-12(29-30(26)27)3-4-15(10)21-17/h3-7,19,24-25H,2,8-9H2,1H3,(H,26,27)/p-1. The summed E-state index contributed by atoms with van der Waals surface area (Å²) < 4.78 is 33.1. The summed E-state index contributed by atoms with van der Waals surface area (Å²) in [6.07, 6.45) is -1.25. The number of hydrogen-bond acceptors (Lipinski definition) is 8. The number of aliphatic hydroxyl groups is 2. The normalized spacial score (nSPS) is 23.0. The first-order valence-corrected chi connectivity index (χ1v) is 10.3. The Morgan fingerprint density at radius 1 is 1.40 bits per heavy atom. The first-order valence-electron chi connectivity index (χ1n) is 9.32. The zero-order valence-corrected chi connectivity index (χ0v) is 16.6.